The molecule has 0 saturated carbocycles. The lowest BCUT2D eigenvalue weighted by Gasteiger charge is -2.41. The van der Waals surface area contributed by atoms with Crippen LogP contribution in [0.1, 0.15) is 50.3 Å². The van der Waals surface area contributed by atoms with Gasteiger partial charge in [0, 0.05) is 31.8 Å². The predicted octanol–water partition coefficient (Wildman–Crippen LogP) is 2.99. The maximum atomic E-state index is 13.6. The van der Waals surface area contributed by atoms with Gasteiger partial charge in [0.1, 0.15) is 11.9 Å². The first-order valence-corrected chi connectivity index (χ1v) is 10.0. The molecule has 0 bridgehead atoms. The molecule has 1 N–H and O–H groups in total. The number of aryl methyl sites for hydroxylation is 1. The molecule has 0 radical (unpaired) electrons. The number of amides is 1. The highest BCUT2D eigenvalue weighted by atomic mass is 19.3. The Balaban J connectivity index is 1.42. The van der Waals surface area contributed by atoms with Crippen molar-refractivity contribution in [3.8, 4) is 0 Å². The van der Waals surface area contributed by atoms with Gasteiger partial charge in [-0.3, -0.25) is 4.79 Å². The van der Waals surface area contributed by atoms with Crippen molar-refractivity contribution in [1.29, 1.82) is 0 Å². The summed E-state index contributed by atoms with van der Waals surface area (Å²) in [6.45, 7) is 3.95. The van der Waals surface area contributed by atoms with Gasteiger partial charge in [0.2, 0.25) is 5.91 Å². The molecule has 2 fully saturated rings. The monoisotopic (exact) mass is 382 g/mol. The first kappa shape index (κ1) is 18.7. The zero-order valence-electron chi connectivity index (χ0n) is 15.7. The number of carbonyl (C=O) groups excluding carboxylic acids is 1. The van der Waals surface area contributed by atoms with Crippen LogP contribution in [-0.4, -0.2) is 58.9 Å². The van der Waals surface area contributed by atoms with Crippen LogP contribution in [0.25, 0.3) is 0 Å². The SMILES string of the molecule is Cc1cc2n(n1)[C@@H](C(F)F)C[C@@H]([C@H]1CCCN(C(=O)C[C@H]3CCCO3)C1)N2. The maximum absolute atomic E-state index is 13.6. The second-order valence-corrected chi connectivity index (χ2v) is 8.09. The van der Waals surface area contributed by atoms with Crippen LogP contribution in [0.3, 0.4) is 0 Å². The molecular formula is C19H28F2N4O2. The molecular weight excluding hydrogens is 354 g/mol. The number of anilines is 1. The number of carbonyl (C=O) groups is 1. The predicted molar refractivity (Wildman–Crippen MR) is 96.9 cm³/mol. The van der Waals surface area contributed by atoms with E-state index >= 15 is 0 Å². The van der Waals surface area contributed by atoms with Crippen molar-refractivity contribution in [2.24, 2.45) is 5.92 Å². The van der Waals surface area contributed by atoms with E-state index in [-0.39, 0.29) is 24.0 Å². The summed E-state index contributed by atoms with van der Waals surface area (Å²) in [6.07, 6.45) is 2.21. The Morgan fingerprint density at radius 1 is 1.41 bits per heavy atom. The quantitative estimate of drug-likeness (QED) is 0.870. The Hall–Kier alpha value is -1.70. The van der Waals surface area contributed by atoms with Crippen molar-refractivity contribution in [2.75, 3.05) is 25.0 Å². The minimum absolute atomic E-state index is 0.0474. The molecule has 0 spiro atoms. The third kappa shape index (κ3) is 3.95. The van der Waals surface area contributed by atoms with Gasteiger partial charge >= 0.3 is 0 Å². The van der Waals surface area contributed by atoms with Crippen LogP contribution < -0.4 is 5.32 Å². The topological polar surface area (TPSA) is 59.4 Å². The van der Waals surface area contributed by atoms with Crippen LogP contribution >= 0.6 is 0 Å². The molecule has 4 atom stereocenters. The fraction of sp³-hybridized carbons (Fsp3) is 0.789. The Labute approximate surface area is 158 Å². The van der Waals surface area contributed by atoms with E-state index < -0.39 is 12.5 Å². The first-order chi connectivity index (χ1) is 13.0. The van der Waals surface area contributed by atoms with Gasteiger partial charge in [0.15, 0.2) is 0 Å². The average Bonchev–Trinajstić information content (AvgIpc) is 3.29. The third-order valence-electron chi connectivity index (χ3n) is 6.10. The van der Waals surface area contributed by atoms with Gasteiger partial charge in [-0.15, -0.1) is 0 Å². The van der Waals surface area contributed by atoms with Crippen molar-refractivity contribution >= 4 is 11.7 Å². The fourth-order valence-electron chi connectivity index (χ4n) is 4.70. The summed E-state index contributed by atoms with van der Waals surface area (Å²) in [5, 5.41) is 7.64. The van der Waals surface area contributed by atoms with Gasteiger partial charge in [-0.25, -0.2) is 13.5 Å². The molecule has 0 unspecified atom stereocenters. The smallest absolute Gasteiger partial charge is 0.260 e. The Kier molecular flexibility index (Phi) is 5.34. The molecule has 1 aromatic rings. The van der Waals surface area contributed by atoms with E-state index in [1.807, 2.05) is 17.9 Å². The number of rotatable bonds is 4. The van der Waals surface area contributed by atoms with E-state index in [4.69, 9.17) is 4.74 Å². The van der Waals surface area contributed by atoms with Crippen LogP contribution in [-0.2, 0) is 9.53 Å². The van der Waals surface area contributed by atoms with Crippen molar-refractivity contribution in [2.45, 2.75) is 70.1 Å². The van der Waals surface area contributed by atoms with Crippen molar-refractivity contribution in [1.82, 2.24) is 14.7 Å². The zero-order valence-corrected chi connectivity index (χ0v) is 15.7. The Bertz CT molecular complexity index is 675. The van der Waals surface area contributed by atoms with E-state index in [0.717, 1.165) is 44.5 Å². The molecule has 8 heteroatoms. The van der Waals surface area contributed by atoms with Gasteiger partial charge < -0.3 is 15.0 Å². The number of nitrogens with one attached hydrogen (secondary N) is 1. The molecule has 2 saturated heterocycles. The molecule has 0 aliphatic carbocycles. The Morgan fingerprint density at radius 2 is 2.26 bits per heavy atom. The maximum Gasteiger partial charge on any atom is 0.260 e. The summed E-state index contributed by atoms with van der Waals surface area (Å²) >= 11 is 0. The molecule has 1 aromatic heterocycles. The molecule has 3 aliphatic rings. The average molecular weight is 382 g/mol. The van der Waals surface area contributed by atoms with Crippen molar-refractivity contribution in [3.05, 3.63) is 11.8 Å². The van der Waals surface area contributed by atoms with Gasteiger partial charge in [-0.1, -0.05) is 0 Å². The van der Waals surface area contributed by atoms with Gasteiger partial charge in [0.05, 0.1) is 18.2 Å². The van der Waals surface area contributed by atoms with E-state index in [1.165, 1.54) is 4.68 Å². The summed E-state index contributed by atoms with van der Waals surface area (Å²) in [7, 11) is 0. The van der Waals surface area contributed by atoms with Gasteiger partial charge in [0.25, 0.3) is 6.43 Å². The van der Waals surface area contributed by atoms with Crippen molar-refractivity contribution in [3.63, 3.8) is 0 Å². The summed E-state index contributed by atoms with van der Waals surface area (Å²) in [6, 6.07) is 0.855. The highest BCUT2D eigenvalue weighted by Gasteiger charge is 2.39. The van der Waals surface area contributed by atoms with Crippen LogP contribution in [0.2, 0.25) is 0 Å². The first-order valence-electron chi connectivity index (χ1n) is 10.0. The lowest BCUT2D eigenvalue weighted by molar-refractivity contribution is -0.135. The second kappa shape index (κ2) is 7.73. The van der Waals surface area contributed by atoms with Gasteiger partial charge in [-0.2, -0.15) is 5.10 Å². The molecule has 150 valence electrons. The molecule has 1 amide bonds. The normalized spacial score (nSPS) is 31.0. The third-order valence-corrected chi connectivity index (χ3v) is 6.10. The summed E-state index contributed by atoms with van der Waals surface area (Å²) in [5.74, 6) is 0.975. The number of nitrogens with zero attached hydrogens (tertiary/aromatic N) is 3. The summed E-state index contributed by atoms with van der Waals surface area (Å²) < 4.78 is 34.2. The molecule has 4 rings (SSSR count). The van der Waals surface area contributed by atoms with Crippen LogP contribution in [0, 0.1) is 12.8 Å². The minimum atomic E-state index is -2.45. The second-order valence-electron chi connectivity index (χ2n) is 8.09. The highest BCUT2D eigenvalue weighted by Crippen LogP contribution is 2.36. The summed E-state index contributed by atoms with van der Waals surface area (Å²) in [5.41, 5.74) is 0.737. The highest BCUT2D eigenvalue weighted by molar-refractivity contribution is 5.76. The van der Waals surface area contributed by atoms with Crippen LogP contribution in [0.15, 0.2) is 6.07 Å². The van der Waals surface area contributed by atoms with E-state index in [2.05, 4.69) is 10.4 Å². The van der Waals surface area contributed by atoms with Crippen LogP contribution in [0.4, 0.5) is 14.6 Å². The lowest BCUT2D eigenvalue weighted by atomic mass is 9.85. The number of halogens is 2. The number of alkyl halides is 2. The van der Waals surface area contributed by atoms with Crippen LogP contribution in [0.5, 0.6) is 0 Å². The minimum Gasteiger partial charge on any atom is -0.378 e. The zero-order chi connectivity index (χ0) is 19.0. The van der Waals surface area contributed by atoms with Crippen molar-refractivity contribution < 1.29 is 18.3 Å². The standard InChI is InChI=1S/C19H28F2N4O2/c1-12-8-17-22-15(10-16(19(20)21)25(17)23-12)13-4-2-6-24(11-13)18(26)9-14-5-3-7-27-14/h8,13-16,19,22H,2-7,9-11H2,1H3/t13-,14+,15-,16+/m0/s1. The number of hydrogen-bond donors (Lipinski definition) is 1. The Morgan fingerprint density at radius 3 is 3.00 bits per heavy atom. The number of fused-ring (bicyclic) bond motifs is 1. The molecule has 3 aliphatic heterocycles. The molecule has 0 aromatic carbocycles. The lowest BCUT2D eigenvalue weighted by Crippen LogP contribution is -2.48. The number of piperidine rings is 1. The largest absolute Gasteiger partial charge is 0.378 e. The van der Waals surface area contributed by atoms with E-state index in [9.17, 15) is 13.6 Å². The number of likely N-dealkylation sites (tertiary alicyclic amines) is 1. The van der Waals surface area contributed by atoms with E-state index in [0.29, 0.717) is 25.2 Å². The van der Waals surface area contributed by atoms with E-state index in [1.54, 1.807) is 0 Å². The molecule has 6 nitrogen and oxygen atoms in total. The summed E-state index contributed by atoms with van der Waals surface area (Å²) in [4.78, 5) is 14.6. The molecule has 4 heterocycles. The molecule has 27 heavy (non-hydrogen) atoms. The fourth-order valence-corrected chi connectivity index (χ4v) is 4.70. The number of aromatic nitrogens is 2. The number of ether oxygens (including phenoxy) is 1. The number of hydrogen-bond acceptors (Lipinski definition) is 4. The van der Waals surface area contributed by atoms with Gasteiger partial charge in [-0.05, 0) is 44.9 Å².